The van der Waals surface area contributed by atoms with Crippen molar-refractivity contribution in [3.63, 3.8) is 0 Å². The highest BCUT2D eigenvalue weighted by Crippen LogP contribution is 2.23. The van der Waals surface area contributed by atoms with Crippen molar-refractivity contribution in [3.8, 4) is 45.6 Å². The Morgan fingerprint density at radius 2 is 0.485 bits per heavy atom. The maximum atomic E-state index is 4.83. The van der Waals surface area contributed by atoms with Gasteiger partial charge in [0.1, 0.15) is 0 Å². The second-order valence-electron chi connectivity index (χ2n) is 17.2. The zero-order chi connectivity index (χ0) is 45.2. The molecule has 0 aliphatic rings. The van der Waals surface area contributed by atoms with Gasteiger partial charge in [0.15, 0.2) is 0 Å². The van der Waals surface area contributed by atoms with Gasteiger partial charge in [-0.25, -0.2) is 0 Å². The molecule has 0 unspecified atom stereocenters. The summed E-state index contributed by atoms with van der Waals surface area (Å²) in [6.45, 7) is 12.4. The number of benzene rings is 1. The Hall–Kier alpha value is -7.66. The average Bonchev–Trinajstić information content (AvgIpc) is 3.34. The number of hydrogen-bond donors (Lipinski definition) is 0. The van der Waals surface area contributed by atoms with Gasteiger partial charge in [-0.2, -0.15) is 0 Å². The van der Waals surface area contributed by atoms with E-state index in [1.165, 1.54) is 11.1 Å². The summed E-state index contributed by atoms with van der Waals surface area (Å²) < 4.78 is 0. The molecule has 0 saturated carbocycles. The van der Waals surface area contributed by atoms with E-state index < -0.39 is 0 Å². The van der Waals surface area contributed by atoms with Gasteiger partial charge in [-0.05, 0) is 132 Å². The lowest BCUT2D eigenvalue weighted by atomic mass is 10.1. The predicted octanol–water partition coefficient (Wildman–Crippen LogP) is 11.2. The first kappa shape index (κ1) is 43.6. The highest BCUT2D eigenvalue weighted by Gasteiger charge is 2.15. The van der Waals surface area contributed by atoms with Crippen LogP contribution in [-0.4, -0.2) is 49.7 Å². The van der Waals surface area contributed by atoms with E-state index in [9.17, 15) is 0 Å². The smallest absolute Gasteiger partial charge is 0.0886 e. The van der Waals surface area contributed by atoms with E-state index in [2.05, 4.69) is 127 Å². The van der Waals surface area contributed by atoms with E-state index in [-0.39, 0.29) is 0 Å². The van der Waals surface area contributed by atoms with E-state index in [1.54, 1.807) is 0 Å². The van der Waals surface area contributed by atoms with Gasteiger partial charge in [0.2, 0.25) is 0 Å². The molecule has 326 valence electrons. The van der Waals surface area contributed by atoms with Crippen LogP contribution in [0, 0.1) is 27.7 Å². The molecule has 0 amide bonds. The largest absolute Gasteiger partial charge is 0.290 e. The van der Waals surface area contributed by atoms with Crippen LogP contribution < -0.4 is 0 Å². The molecule has 0 fully saturated rings. The fourth-order valence-corrected chi connectivity index (χ4v) is 7.87. The summed E-state index contributed by atoms with van der Waals surface area (Å²) in [5.41, 5.74) is 18.3. The van der Waals surface area contributed by atoms with Crippen LogP contribution in [0.4, 0.5) is 0 Å². The van der Waals surface area contributed by atoms with Gasteiger partial charge in [-0.15, -0.1) is 0 Å². The molecule has 8 aromatic heterocycles. The van der Waals surface area contributed by atoms with Crippen molar-refractivity contribution < 1.29 is 0 Å². The molecular weight excluding hydrogens is 813 g/mol. The summed E-state index contributed by atoms with van der Waals surface area (Å²) in [5, 5.41) is 0. The third kappa shape index (κ3) is 11.5. The van der Waals surface area contributed by atoms with E-state index in [0.29, 0.717) is 26.2 Å². The lowest BCUT2D eigenvalue weighted by Crippen LogP contribution is -2.24. The molecule has 0 aliphatic carbocycles. The van der Waals surface area contributed by atoms with Crippen molar-refractivity contribution in [2.45, 2.75) is 67.0 Å². The molecule has 66 heavy (non-hydrogen) atoms. The minimum Gasteiger partial charge on any atom is -0.290 e. The van der Waals surface area contributed by atoms with Crippen molar-refractivity contribution in [1.82, 2.24) is 49.7 Å². The third-order valence-corrected chi connectivity index (χ3v) is 11.4. The summed E-state index contributed by atoms with van der Waals surface area (Å²) in [4.78, 5) is 42.6. The first-order valence-electron chi connectivity index (χ1n) is 22.3. The molecular formula is C56H52N10. The molecule has 0 atom stereocenters. The third-order valence-electron chi connectivity index (χ3n) is 11.4. The molecule has 0 aliphatic heterocycles. The van der Waals surface area contributed by atoms with Crippen LogP contribution in [0.15, 0.2) is 171 Å². The van der Waals surface area contributed by atoms with Crippen molar-refractivity contribution in [1.29, 1.82) is 0 Å². The SMILES string of the molecule is Cc1ccc(-c2ccc(CN(Cc3ccc(-c4ccc(C)cn4)nc3)Cc3cccc(CN(Cc4ccc(-c5ccc(C)cn5)nc4)Cc4ccc(-c5ccc(C)cn5)nc4)c3)cn2)nc1. The molecule has 0 saturated heterocycles. The molecule has 9 rings (SSSR count). The summed E-state index contributed by atoms with van der Waals surface area (Å²) in [6, 6.07) is 42.2. The number of nitrogens with zero attached hydrogens (tertiary/aromatic N) is 10. The molecule has 0 spiro atoms. The molecule has 0 bridgehead atoms. The van der Waals surface area contributed by atoms with E-state index in [4.69, 9.17) is 19.9 Å². The van der Waals surface area contributed by atoms with Gasteiger partial charge < -0.3 is 0 Å². The highest BCUT2D eigenvalue weighted by atomic mass is 15.1. The van der Waals surface area contributed by atoms with Crippen molar-refractivity contribution in [2.75, 3.05) is 0 Å². The predicted molar refractivity (Wildman–Crippen MR) is 261 cm³/mol. The van der Waals surface area contributed by atoms with Crippen molar-refractivity contribution in [2.24, 2.45) is 0 Å². The normalized spacial score (nSPS) is 11.4. The molecule has 9 aromatic rings. The van der Waals surface area contributed by atoms with Gasteiger partial charge in [-0.1, -0.05) is 72.8 Å². The topological polar surface area (TPSA) is 110 Å². The van der Waals surface area contributed by atoms with E-state index >= 15 is 0 Å². The summed E-state index contributed by atoms with van der Waals surface area (Å²) in [6.07, 6.45) is 15.4. The molecule has 1 aromatic carbocycles. The molecule has 0 N–H and O–H groups in total. The Bertz CT molecular complexity index is 2570. The zero-order valence-corrected chi connectivity index (χ0v) is 37.9. The zero-order valence-electron chi connectivity index (χ0n) is 37.9. The lowest BCUT2D eigenvalue weighted by molar-refractivity contribution is 0.243. The van der Waals surface area contributed by atoms with Crippen LogP contribution >= 0.6 is 0 Å². The maximum absolute atomic E-state index is 4.83. The Labute approximate surface area is 387 Å². The number of rotatable bonds is 16. The van der Waals surface area contributed by atoms with Crippen LogP contribution in [0.1, 0.15) is 55.6 Å². The minimum absolute atomic E-state index is 0.703. The van der Waals surface area contributed by atoms with Crippen molar-refractivity contribution >= 4 is 0 Å². The van der Waals surface area contributed by atoms with Gasteiger partial charge in [0.25, 0.3) is 0 Å². The Morgan fingerprint density at radius 1 is 0.258 bits per heavy atom. The Balaban J connectivity index is 0.955. The quantitative estimate of drug-likeness (QED) is 0.0931. The van der Waals surface area contributed by atoms with Crippen LogP contribution in [-0.2, 0) is 39.3 Å². The average molecular weight is 865 g/mol. The molecule has 10 heteroatoms. The lowest BCUT2D eigenvalue weighted by Gasteiger charge is -2.25. The number of aryl methyl sites for hydroxylation is 4. The van der Waals surface area contributed by atoms with Gasteiger partial charge in [0, 0.05) is 88.8 Å². The van der Waals surface area contributed by atoms with E-state index in [0.717, 1.165) is 103 Å². The summed E-state index contributed by atoms with van der Waals surface area (Å²) >= 11 is 0. The van der Waals surface area contributed by atoms with Gasteiger partial charge in [-0.3, -0.25) is 49.7 Å². The monoisotopic (exact) mass is 864 g/mol. The van der Waals surface area contributed by atoms with Crippen LogP contribution in [0.25, 0.3) is 45.6 Å². The van der Waals surface area contributed by atoms with Crippen LogP contribution in [0.5, 0.6) is 0 Å². The van der Waals surface area contributed by atoms with Gasteiger partial charge >= 0.3 is 0 Å². The standard InChI is InChI=1S/C56H52N10/c1-39-8-16-49(57-25-39)53-20-12-45(29-61-53)35-65(36-46-13-21-54(62-30-46)50-17-9-40(2)26-58-50)33-43-6-5-7-44(24-43)34-66(37-47-14-22-55(63-31-47)51-18-10-41(3)27-59-51)38-48-15-23-56(64-32-48)52-19-11-42(4)28-60-52/h5-32H,33-38H2,1-4H3. The van der Waals surface area contributed by atoms with Crippen LogP contribution in [0.2, 0.25) is 0 Å². The number of hydrogen-bond acceptors (Lipinski definition) is 10. The first-order chi connectivity index (χ1) is 32.2. The summed E-state index contributed by atoms with van der Waals surface area (Å²) in [7, 11) is 0. The fraction of sp³-hybridized carbons (Fsp3) is 0.179. The maximum Gasteiger partial charge on any atom is 0.0886 e. The van der Waals surface area contributed by atoms with E-state index in [1.807, 2.05) is 102 Å². The number of aromatic nitrogens is 8. The second kappa shape index (κ2) is 20.5. The van der Waals surface area contributed by atoms with Crippen molar-refractivity contribution in [3.05, 3.63) is 227 Å². The molecule has 0 radical (unpaired) electrons. The number of pyridine rings is 8. The Kier molecular flexibility index (Phi) is 13.5. The summed E-state index contributed by atoms with van der Waals surface area (Å²) in [5.74, 6) is 0. The highest BCUT2D eigenvalue weighted by molar-refractivity contribution is 5.56. The fourth-order valence-electron chi connectivity index (χ4n) is 7.87. The van der Waals surface area contributed by atoms with Gasteiger partial charge in [0.05, 0.1) is 45.6 Å². The molecule has 10 nitrogen and oxygen atoms in total. The van der Waals surface area contributed by atoms with Crippen LogP contribution in [0.3, 0.4) is 0 Å². The minimum atomic E-state index is 0.703. The Morgan fingerprint density at radius 3 is 0.697 bits per heavy atom. The molecule has 8 heterocycles. The second-order valence-corrected chi connectivity index (χ2v) is 17.2. The first-order valence-corrected chi connectivity index (χ1v) is 22.3.